The predicted octanol–water partition coefficient (Wildman–Crippen LogP) is 3.27. The SMILES string of the molecule is CCOC(=O)[C@@H]1Oc2c(c(=O)oc3ccccc23)[C@@H]1c1cc(OC)ccc1OC. The Balaban J connectivity index is 1.99. The average Bonchev–Trinajstić information content (AvgIpc) is 3.15. The van der Waals surface area contributed by atoms with E-state index >= 15 is 0 Å². The first-order valence-corrected chi connectivity index (χ1v) is 9.20. The Kier molecular flexibility index (Phi) is 4.88. The van der Waals surface area contributed by atoms with Crippen LogP contribution in [0.4, 0.5) is 0 Å². The maximum Gasteiger partial charge on any atom is 0.348 e. The van der Waals surface area contributed by atoms with Crippen molar-refractivity contribution in [2.24, 2.45) is 0 Å². The van der Waals surface area contributed by atoms with E-state index in [4.69, 9.17) is 23.4 Å². The zero-order valence-corrected chi connectivity index (χ0v) is 16.3. The molecule has 0 fully saturated rings. The first kappa shape index (κ1) is 18.9. The second-order valence-electron chi connectivity index (χ2n) is 6.50. The van der Waals surface area contributed by atoms with Gasteiger partial charge in [0.2, 0.25) is 6.10 Å². The summed E-state index contributed by atoms with van der Waals surface area (Å²) in [5.74, 6) is 0.0397. The number of hydrogen-bond acceptors (Lipinski definition) is 7. The molecular weight excluding hydrogens is 376 g/mol. The molecule has 0 saturated heterocycles. The maximum absolute atomic E-state index is 12.9. The molecule has 0 saturated carbocycles. The lowest BCUT2D eigenvalue weighted by molar-refractivity contribution is -0.151. The maximum atomic E-state index is 12.9. The lowest BCUT2D eigenvalue weighted by atomic mass is 9.87. The molecule has 7 nitrogen and oxygen atoms in total. The van der Waals surface area contributed by atoms with Gasteiger partial charge in [-0.15, -0.1) is 0 Å². The molecule has 150 valence electrons. The van der Waals surface area contributed by atoms with E-state index in [2.05, 4.69) is 0 Å². The highest BCUT2D eigenvalue weighted by Gasteiger charge is 2.46. The van der Waals surface area contributed by atoms with Crippen molar-refractivity contribution in [1.29, 1.82) is 0 Å². The molecule has 0 aliphatic carbocycles. The Bertz CT molecular complexity index is 1130. The Morgan fingerprint density at radius 3 is 2.62 bits per heavy atom. The highest BCUT2D eigenvalue weighted by Crippen LogP contribution is 2.47. The van der Waals surface area contributed by atoms with E-state index in [1.54, 1.807) is 43.3 Å². The summed E-state index contributed by atoms with van der Waals surface area (Å²) in [7, 11) is 3.06. The van der Waals surface area contributed by atoms with E-state index in [0.29, 0.717) is 33.8 Å². The summed E-state index contributed by atoms with van der Waals surface area (Å²) >= 11 is 0. The number of ether oxygens (including phenoxy) is 4. The molecule has 2 atom stereocenters. The molecule has 29 heavy (non-hydrogen) atoms. The van der Waals surface area contributed by atoms with Crippen LogP contribution in [-0.2, 0) is 9.53 Å². The number of carbonyl (C=O) groups excluding carboxylic acids is 1. The highest BCUT2D eigenvalue weighted by molar-refractivity contribution is 5.88. The van der Waals surface area contributed by atoms with Crippen LogP contribution in [0.5, 0.6) is 17.2 Å². The normalized spacial score (nSPS) is 17.5. The summed E-state index contributed by atoms with van der Waals surface area (Å²) in [5, 5.41) is 0.612. The van der Waals surface area contributed by atoms with Crippen LogP contribution in [0.15, 0.2) is 51.7 Å². The van der Waals surface area contributed by atoms with Crippen LogP contribution >= 0.6 is 0 Å². The standard InChI is InChI=1S/C22H20O7/c1-4-27-22(24)20-17(14-11-12(25-2)9-10-15(14)26-3)18-19(29-20)13-7-5-6-8-16(13)28-21(18)23/h5-11,17,20H,4H2,1-3H3/t17-,20+/m0/s1. The van der Waals surface area contributed by atoms with Gasteiger partial charge in [-0.3, -0.25) is 0 Å². The van der Waals surface area contributed by atoms with E-state index in [-0.39, 0.29) is 12.2 Å². The molecule has 7 heteroatoms. The fourth-order valence-corrected chi connectivity index (χ4v) is 3.69. The summed E-state index contributed by atoms with van der Waals surface area (Å²) in [6.07, 6.45) is -1.06. The minimum atomic E-state index is -1.06. The first-order valence-electron chi connectivity index (χ1n) is 9.20. The molecule has 2 heterocycles. The molecule has 1 aliphatic rings. The second kappa shape index (κ2) is 7.50. The zero-order chi connectivity index (χ0) is 20.5. The number of fused-ring (bicyclic) bond motifs is 3. The van der Waals surface area contributed by atoms with E-state index in [9.17, 15) is 9.59 Å². The lowest BCUT2D eigenvalue weighted by Gasteiger charge is -2.20. The van der Waals surface area contributed by atoms with Crippen molar-refractivity contribution >= 4 is 16.9 Å². The monoisotopic (exact) mass is 396 g/mol. The van der Waals surface area contributed by atoms with E-state index in [1.165, 1.54) is 14.2 Å². The molecule has 0 bridgehead atoms. The predicted molar refractivity (Wildman–Crippen MR) is 105 cm³/mol. The molecular formula is C22H20O7. The Hall–Kier alpha value is -3.48. The number of benzene rings is 2. The second-order valence-corrected chi connectivity index (χ2v) is 6.50. The fourth-order valence-electron chi connectivity index (χ4n) is 3.69. The van der Waals surface area contributed by atoms with E-state index < -0.39 is 23.6 Å². The van der Waals surface area contributed by atoms with Crippen molar-refractivity contribution in [2.45, 2.75) is 18.9 Å². The zero-order valence-electron chi connectivity index (χ0n) is 16.3. The van der Waals surface area contributed by atoms with Gasteiger partial charge in [-0.05, 0) is 37.3 Å². The number of methoxy groups -OCH3 is 2. The quantitative estimate of drug-likeness (QED) is 0.483. The summed E-state index contributed by atoms with van der Waals surface area (Å²) < 4.78 is 27.6. The van der Waals surface area contributed by atoms with Crippen molar-refractivity contribution in [1.82, 2.24) is 0 Å². The summed E-state index contributed by atoms with van der Waals surface area (Å²) in [5.41, 5.74) is 0.650. The molecule has 4 rings (SSSR count). The van der Waals surface area contributed by atoms with Gasteiger partial charge in [0.15, 0.2) is 0 Å². The van der Waals surface area contributed by atoms with E-state index in [1.807, 2.05) is 6.07 Å². The number of para-hydroxylation sites is 1. The van der Waals surface area contributed by atoms with Crippen LogP contribution in [-0.4, -0.2) is 32.9 Å². The number of hydrogen-bond donors (Lipinski definition) is 0. The van der Waals surface area contributed by atoms with Gasteiger partial charge in [0.1, 0.15) is 22.8 Å². The molecule has 1 aromatic heterocycles. The summed E-state index contributed by atoms with van der Waals surface area (Å²) in [4.78, 5) is 25.7. The minimum Gasteiger partial charge on any atom is -0.497 e. The molecule has 2 aromatic carbocycles. The van der Waals surface area contributed by atoms with Gasteiger partial charge >= 0.3 is 11.6 Å². The Morgan fingerprint density at radius 2 is 1.90 bits per heavy atom. The fraction of sp³-hybridized carbons (Fsp3) is 0.273. The summed E-state index contributed by atoms with van der Waals surface area (Å²) in [6.45, 7) is 1.90. The molecule has 3 aromatic rings. The molecule has 0 N–H and O–H groups in total. The van der Waals surface area contributed by atoms with Gasteiger partial charge < -0.3 is 23.4 Å². The highest BCUT2D eigenvalue weighted by atomic mass is 16.6. The number of esters is 1. The van der Waals surface area contributed by atoms with Crippen molar-refractivity contribution in [3.8, 4) is 17.2 Å². The van der Waals surface area contributed by atoms with Gasteiger partial charge in [0.25, 0.3) is 0 Å². The van der Waals surface area contributed by atoms with Gasteiger partial charge in [-0.25, -0.2) is 9.59 Å². The van der Waals surface area contributed by atoms with Crippen molar-refractivity contribution in [3.05, 3.63) is 64.0 Å². The van der Waals surface area contributed by atoms with Crippen LogP contribution in [0.2, 0.25) is 0 Å². The molecule has 0 unspecified atom stereocenters. The van der Waals surface area contributed by atoms with Crippen LogP contribution in [0.3, 0.4) is 0 Å². The third-order valence-corrected chi connectivity index (χ3v) is 4.95. The van der Waals surface area contributed by atoms with Crippen LogP contribution < -0.4 is 19.8 Å². The van der Waals surface area contributed by atoms with Crippen molar-refractivity contribution in [2.75, 3.05) is 20.8 Å². The van der Waals surface area contributed by atoms with Gasteiger partial charge in [0.05, 0.1) is 37.7 Å². The Labute approximate surface area is 166 Å². The van der Waals surface area contributed by atoms with Crippen molar-refractivity contribution in [3.63, 3.8) is 0 Å². The molecule has 0 amide bonds. The Morgan fingerprint density at radius 1 is 1.10 bits per heavy atom. The summed E-state index contributed by atoms with van der Waals surface area (Å²) in [6, 6.07) is 12.2. The van der Waals surface area contributed by atoms with Crippen LogP contribution in [0.1, 0.15) is 24.0 Å². The topological polar surface area (TPSA) is 84.2 Å². The molecule has 1 aliphatic heterocycles. The first-order chi connectivity index (χ1) is 14.1. The van der Waals surface area contributed by atoms with Gasteiger partial charge in [-0.2, -0.15) is 0 Å². The van der Waals surface area contributed by atoms with E-state index in [0.717, 1.165) is 0 Å². The number of rotatable bonds is 5. The molecule has 0 radical (unpaired) electrons. The third-order valence-electron chi connectivity index (χ3n) is 4.95. The van der Waals surface area contributed by atoms with Gasteiger partial charge in [0, 0.05) is 5.56 Å². The van der Waals surface area contributed by atoms with Crippen LogP contribution in [0.25, 0.3) is 11.0 Å². The largest absolute Gasteiger partial charge is 0.497 e. The van der Waals surface area contributed by atoms with Crippen LogP contribution in [0, 0.1) is 0 Å². The third kappa shape index (κ3) is 3.08. The average molecular weight is 396 g/mol. The lowest BCUT2D eigenvalue weighted by Crippen LogP contribution is -2.32. The smallest absolute Gasteiger partial charge is 0.348 e. The van der Waals surface area contributed by atoms with Gasteiger partial charge in [-0.1, -0.05) is 12.1 Å². The molecule has 0 spiro atoms. The number of carbonyl (C=O) groups is 1. The van der Waals surface area contributed by atoms with Crippen molar-refractivity contribution < 1.29 is 28.2 Å². The minimum absolute atomic E-state index is 0.187.